The van der Waals surface area contributed by atoms with Crippen molar-refractivity contribution in [2.24, 2.45) is 0 Å². The molecule has 1 heterocycles. The Labute approximate surface area is 99.9 Å². The van der Waals surface area contributed by atoms with Crippen LogP contribution < -0.4 is 10.2 Å². The number of amides is 2. The van der Waals surface area contributed by atoms with E-state index >= 15 is 0 Å². The fourth-order valence-electron chi connectivity index (χ4n) is 1.84. The van der Waals surface area contributed by atoms with Crippen LogP contribution in [-0.4, -0.2) is 18.9 Å². The van der Waals surface area contributed by atoms with E-state index in [0.29, 0.717) is 17.8 Å². The van der Waals surface area contributed by atoms with Crippen molar-refractivity contribution in [3.8, 4) is 0 Å². The molecule has 2 amide bonds. The minimum Gasteiger partial charge on any atom is -0.316 e. The molecule has 17 heavy (non-hydrogen) atoms. The predicted octanol–water partition coefficient (Wildman–Crippen LogP) is 1.23. The van der Waals surface area contributed by atoms with Crippen molar-refractivity contribution >= 4 is 17.5 Å². The van der Waals surface area contributed by atoms with Gasteiger partial charge in [0.1, 0.15) is 0 Å². The second kappa shape index (κ2) is 4.51. The summed E-state index contributed by atoms with van der Waals surface area (Å²) in [6, 6.07) is 7.40. The predicted molar refractivity (Wildman–Crippen MR) is 65.5 cm³/mol. The molecular weight excluding hydrogens is 216 g/mol. The number of carbonyl (C=O) groups is 2. The van der Waals surface area contributed by atoms with E-state index in [1.165, 1.54) is 11.0 Å². The molecule has 0 fully saturated rings. The summed E-state index contributed by atoms with van der Waals surface area (Å²) in [7, 11) is 1.85. The van der Waals surface area contributed by atoms with Crippen LogP contribution in [0, 0.1) is 0 Å². The van der Waals surface area contributed by atoms with Gasteiger partial charge in [0.2, 0.25) is 0 Å². The molecule has 1 aromatic rings. The zero-order valence-electron chi connectivity index (χ0n) is 9.86. The summed E-state index contributed by atoms with van der Waals surface area (Å²) >= 11 is 0. The smallest absolute Gasteiger partial charge is 0.261 e. The minimum atomic E-state index is -0.269. The van der Waals surface area contributed by atoms with Gasteiger partial charge in [0.15, 0.2) is 0 Å². The van der Waals surface area contributed by atoms with Gasteiger partial charge < -0.3 is 5.32 Å². The first-order valence-corrected chi connectivity index (χ1v) is 5.43. The van der Waals surface area contributed by atoms with Crippen LogP contribution in [0.5, 0.6) is 0 Å². The molecule has 0 saturated carbocycles. The van der Waals surface area contributed by atoms with Crippen LogP contribution in [0.25, 0.3) is 0 Å². The second-order valence-corrected chi connectivity index (χ2v) is 4.01. The maximum Gasteiger partial charge on any atom is 0.261 e. The molecule has 4 nitrogen and oxygen atoms in total. The van der Waals surface area contributed by atoms with E-state index < -0.39 is 0 Å². The molecule has 1 N–H and O–H groups in total. The van der Waals surface area contributed by atoms with Crippen LogP contribution >= 0.6 is 0 Å². The number of hydrogen-bond donors (Lipinski definition) is 1. The van der Waals surface area contributed by atoms with Crippen molar-refractivity contribution in [2.75, 3.05) is 11.9 Å². The van der Waals surface area contributed by atoms with Gasteiger partial charge in [-0.15, -0.1) is 0 Å². The summed E-state index contributed by atoms with van der Waals surface area (Å²) in [4.78, 5) is 24.7. The Kier molecular flexibility index (Phi) is 3.06. The molecule has 0 spiro atoms. The number of benzene rings is 1. The maximum atomic E-state index is 11.8. The van der Waals surface area contributed by atoms with Crippen molar-refractivity contribution in [3.63, 3.8) is 0 Å². The number of nitrogens with zero attached hydrogens (tertiary/aromatic N) is 1. The summed E-state index contributed by atoms with van der Waals surface area (Å²) < 4.78 is 0. The summed E-state index contributed by atoms with van der Waals surface area (Å²) in [5.74, 6) is -0.509. The molecule has 2 rings (SSSR count). The summed E-state index contributed by atoms with van der Waals surface area (Å²) in [6.45, 7) is 2.36. The fourth-order valence-corrected chi connectivity index (χ4v) is 1.84. The van der Waals surface area contributed by atoms with Crippen LogP contribution in [0.4, 0.5) is 5.69 Å². The first-order valence-electron chi connectivity index (χ1n) is 5.43. The average molecular weight is 230 g/mol. The molecule has 1 aliphatic rings. The van der Waals surface area contributed by atoms with E-state index in [2.05, 4.69) is 5.32 Å². The van der Waals surface area contributed by atoms with E-state index in [0.717, 1.165) is 5.56 Å². The molecule has 0 atom stereocenters. The third kappa shape index (κ3) is 2.12. The molecule has 0 saturated heterocycles. The van der Waals surface area contributed by atoms with Gasteiger partial charge in [-0.05, 0) is 31.7 Å². The molecule has 0 aromatic heterocycles. The number of rotatable bonds is 3. The average Bonchev–Trinajstić information content (AvgIpc) is 2.54. The quantitative estimate of drug-likeness (QED) is 0.794. The van der Waals surface area contributed by atoms with Gasteiger partial charge in [-0.25, -0.2) is 4.90 Å². The lowest BCUT2D eigenvalue weighted by molar-refractivity contribution is -0.120. The van der Waals surface area contributed by atoms with Crippen LogP contribution in [0.1, 0.15) is 12.5 Å². The number of hydrogen-bond acceptors (Lipinski definition) is 3. The summed E-state index contributed by atoms with van der Waals surface area (Å²) in [5.41, 5.74) is 2.14. The van der Waals surface area contributed by atoms with Gasteiger partial charge in [0.25, 0.3) is 11.8 Å². The van der Waals surface area contributed by atoms with Crippen molar-refractivity contribution in [3.05, 3.63) is 41.5 Å². The molecule has 88 valence electrons. The highest BCUT2D eigenvalue weighted by Gasteiger charge is 2.29. The van der Waals surface area contributed by atoms with Crippen LogP contribution in [0.2, 0.25) is 0 Å². The molecule has 1 aliphatic heterocycles. The summed E-state index contributed by atoms with van der Waals surface area (Å²) in [5, 5.41) is 3.03. The Bertz CT molecular complexity index is 506. The van der Waals surface area contributed by atoms with Gasteiger partial charge >= 0.3 is 0 Å². The maximum absolute atomic E-state index is 11.8. The third-order valence-electron chi connectivity index (χ3n) is 2.65. The number of imide groups is 1. The first kappa shape index (κ1) is 11.5. The first-order chi connectivity index (χ1) is 8.13. The van der Waals surface area contributed by atoms with Crippen LogP contribution in [0.15, 0.2) is 35.9 Å². The monoisotopic (exact) mass is 230 g/mol. The Morgan fingerprint density at radius 1 is 1.29 bits per heavy atom. The number of carbonyl (C=O) groups excluding carboxylic acids is 2. The van der Waals surface area contributed by atoms with E-state index in [-0.39, 0.29) is 11.8 Å². The minimum absolute atomic E-state index is 0.239. The lowest BCUT2D eigenvalue weighted by Gasteiger charge is -2.15. The van der Waals surface area contributed by atoms with Gasteiger partial charge in [0.05, 0.1) is 5.69 Å². The van der Waals surface area contributed by atoms with Gasteiger partial charge in [0, 0.05) is 18.2 Å². The van der Waals surface area contributed by atoms with E-state index in [1.807, 2.05) is 25.2 Å². The van der Waals surface area contributed by atoms with Crippen molar-refractivity contribution in [1.29, 1.82) is 0 Å². The van der Waals surface area contributed by atoms with E-state index in [1.54, 1.807) is 13.0 Å². The Balaban J connectivity index is 2.32. The zero-order chi connectivity index (χ0) is 12.4. The third-order valence-corrected chi connectivity index (χ3v) is 2.65. The molecule has 0 aliphatic carbocycles. The lowest BCUT2D eigenvalue weighted by atomic mass is 10.2. The van der Waals surface area contributed by atoms with Crippen molar-refractivity contribution in [1.82, 2.24) is 5.32 Å². The van der Waals surface area contributed by atoms with E-state index in [9.17, 15) is 9.59 Å². The van der Waals surface area contributed by atoms with Crippen LogP contribution in [0.3, 0.4) is 0 Å². The van der Waals surface area contributed by atoms with Gasteiger partial charge in [-0.3, -0.25) is 9.59 Å². The normalized spacial score (nSPS) is 15.4. The second-order valence-electron chi connectivity index (χ2n) is 4.01. The summed E-state index contributed by atoms with van der Waals surface area (Å²) in [6.07, 6.45) is 1.37. The van der Waals surface area contributed by atoms with Crippen molar-refractivity contribution < 1.29 is 9.59 Å². The molecule has 1 aromatic carbocycles. The van der Waals surface area contributed by atoms with Gasteiger partial charge in [-0.2, -0.15) is 0 Å². The molecule has 0 radical (unpaired) electrons. The SMILES string of the molecule is CNCc1cccc(N2C(=O)C=C(C)C2=O)c1. The highest BCUT2D eigenvalue weighted by Crippen LogP contribution is 2.23. The highest BCUT2D eigenvalue weighted by molar-refractivity contribution is 6.30. The van der Waals surface area contributed by atoms with Crippen LogP contribution in [-0.2, 0) is 16.1 Å². The van der Waals surface area contributed by atoms with E-state index in [4.69, 9.17) is 0 Å². The van der Waals surface area contributed by atoms with Gasteiger partial charge in [-0.1, -0.05) is 12.1 Å². The topological polar surface area (TPSA) is 49.4 Å². The largest absolute Gasteiger partial charge is 0.316 e. The molecule has 0 unspecified atom stereocenters. The molecule has 4 heteroatoms. The lowest BCUT2D eigenvalue weighted by Crippen LogP contribution is -2.30. The number of nitrogens with one attached hydrogen (secondary N) is 1. The number of anilines is 1. The van der Waals surface area contributed by atoms with Crippen molar-refractivity contribution in [2.45, 2.75) is 13.5 Å². The molecular formula is C13H14N2O2. The molecule has 0 bridgehead atoms. The standard InChI is InChI=1S/C13H14N2O2/c1-9-6-12(16)15(13(9)17)11-5-3-4-10(7-11)8-14-2/h3-7,14H,8H2,1-2H3. The fraction of sp³-hybridized carbons (Fsp3) is 0.231. The Morgan fingerprint density at radius 2 is 2.06 bits per heavy atom. The Hall–Kier alpha value is -1.94. The zero-order valence-corrected chi connectivity index (χ0v) is 9.86. The highest BCUT2D eigenvalue weighted by atomic mass is 16.2. The Morgan fingerprint density at radius 3 is 2.65 bits per heavy atom.